The van der Waals surface area contributed by atoms with Crippen LogP contribution in [0.25, 0.3) is 0 Å². The van der Waals surface area contributed by atoms with E-state index in [1.807, 2.05) is 18.2 Å². The fourth-order valence-corrected chi connectivity index (χ4v) is 2.13. The molecule has 0 saturated heterocycles. The number of nitrogens with one attached hydrogen (secondary N) is 2. The van der Waals surface area contributed by atoms with Crippen LogP contribution in [-0.2, 0) is 0 Å². The first-order valence-corrected chi connectivity index (χ1v) is 7.03. The van der Waals surface area contributed by atoms with Gasteiger partial charge in [-0.25, -0.2) is 4.98 Å². The fraction of sp³-hybridized carbons (Fsp3) is 0.167. The largest absolute Gasteiger partial charge is 0.495 e. The van der Waals surface area contributed by atoms with Gasteiger partial charge in [0, 0.05) is 17.7 Å². The molecule has 0 aliphatic rings. The Morgan fingerprint density at radius 1 is 1.26 bits per heavy atom. The highest BCUT2D eigenvalue weighted by molar-refractivity contribution is 9.10. The summed E-state index contributed by atoms with van der Waals surface area (Å²) in [4.78, 5) is 8.45. The first-order valence-electron chi connectivity index (χ1n) is 5.45. The molecule has 19 heavy (non-hydrogen) atoms. The molecule has 2 rings (SSSR count). The molecule has 1 aromatic carbocycles. The van der Waals surface area contributed by atoms with Gasteiger partial charge in [0.1, 0.15) is 11.6 Å². The Labute approximate surface area is 128 Å². The molecular weight excluding hydrogens is 376 g/mol. The zero-order valence-electron chi connectivity index (χ0n) is 10.4. The quantitative estimate of drug-likeness (QED) is 0.835. The number of hydrogen-bond acceptors (Lipinski definition) is 5. The standard InChI is InChI=1S/C12H12Br2N4O/c1-15-12-16-6-8(14)11(18-12)17-9-5-7(13)3-4-10(9)19-2/h3-6H,1-2H3,(H2,15,16,17,18). The molecule has 1 heterocycles. The average Bonchev–Trinajstić information content (AvgIpc) is 2.41. The lowest BCUT2D eigenvalue weighted by Crippen LogP contribution is -2.02. The molecule has 0 unspecified atom stereocenters. The number of benzene rings is 1. The molecular formula is C12H12Br2N4O. The Kier molecular flexibility index (Phi) is 4.60. The van der Waals surface area contributed by atoms with E-state index in [9.17, 15) is 0 Å². The topological polar surface area (TPSA) is 59.1 Å². The summed E-state index contributed by atoms with van der Waals surface area (Å²) < 4.78 is 7.04. The smallest absolute Gasteiger partial charge is 0.224 e. The van der Waals surface area contributed by atoms with Gasteiger partial charge in [0.25, 0.3) is 0 Å². The van der Waals surface area contributed by atoms with E-state index in [2.05, 4.69) is 52.5 Å². The Morgan fingerprint density at radius 3 is 2.74 bits per heavy atom. The molecule has 0 spiro atoms. The van der Waals surface area contributed by atoms with Crippen LogP contribution in [0.3, 0.4) is 0 Å². The minimum atomic E-state index is 0.541. The molecule has 2 aromatic rings. The molecule has 0 atom stereocenters. The van der Waals surface area contributed by atoms with Gasteiger partial charge in [-0.1, -0.05) is 15.9 Å². The second-order valence-electron chi connectivity index (χ2n) is 3.61. The van der Waals surface area contributed by atoms with Crippen LogP contribution in [0.5, 0.6) is 5.75 Å². The van der Waals surface area contributed by atoms with Gasteiger partial charge >= 0.3 is 0 Å². The Hall–Kier alpha value is -1.34. The lowest BCUT2D eigenvalue weighted by Gasteiger charge is -2.12. The van der Waals surface area contributed by atoms with E-state index in [1.165, 1.54) is 0 Å². The second kappa shape index (κ2) is 6.21. The summed E-state index contributed by atoms with van der Waals surface area (Å²) in [6.45, 7) is 0. The molecule has 0 aliphatic carbocycles. The number of rotatable bonds is 4. The molecule has 5 nitrogen and oxygen atoms in total. The number of aromatic nitrogens is 2. The summed E-state index contributed by atoms with van der Waals surface area (Å²) in [5, 5.41) is 6.11. The van der Waals surface area contributed by atoms with Crippen molar-refractivity contribution >= 4 is 49.3 Å². The number of hydrogen-bond donors (Lipinski definition) is 2. The minimum absolute atomic E-state index is 0.541. The SMILES string of the molecule is CNc1ncc(Br)c(Nc2cc(Br)ccc2OC)n1. The third-order valence-corrected chi connectivity index (χ3v) is 3.46. The maximum absolute atomic E-state index is 5.31. The van der Waals surface area contributed by atoms with Gasteiger partial charge < -0.3 is 15.4 Å². The average molecular weight is 388 g/mol. The summed E-state index contributed by atoms with van der Waals surface area (Å²) in [5.41, 5.74) is 0.818. The van der Waals surface area contributed by atoms with Crippen LogP contribution in [-0.4, -0.2) is 24.1 Å². The predicted molar refractivity (Wildman–Crippen MR) is 83.3 cm³/mol. The van der Waals surface area contributed by atoms with Crippen molar-refractivity contribution in [2.75, 3.05) is 24.8 Å². The van der Waals surface area contributed by atoms with Crippen molar-refractivity contribution in [2.45, 2.75) is 0 Å². The van der Waals surface area contributed by atoms with E-state index >= 15 is 0 Å². The zero-order valence-corrected chi connectivity index (χ0v) is 13.5. The summed E-state index contributed by atoms with van der Waals surface area (Å²) in [6, 6.07) is 5.71. The summed E-state index contributed by atoms with van der Waals surface area (Å²) in [6.07, 6.45) is 1.69. The maximum Gasteiger partial charge on any atom is 0.224 e. The van der Waals surface area contributed by atoms with Gasteiger partial charge in [-0.05, 0) is 34.1 Å². The van der Waals surface area contributed by atoms with Crippen molar-refractivity contribution < 1.29 is 4.74 Å². The monoisotopic (exact) mass is 386 g/mol. The number of ether oxygens (including phenoxy) is 1. The van der Waals surface area contributed by atoms with Gasteiger partial charge in [0.05, 0.1) is 17.3 Å². The highest BCUT2D eigenvalue weighted by Gasteiger charge is 2.09. The molecule has 0 saturated carbocycles. The van der Waals surface area contributed by atoms with Gasteiger partial charge in [-0.15, -0.1) is 0 Å². The molecule has 1 aromatic heterocycles. The number of anilines is 3. The Morgan fingerprint density at radius 2 is 2.05 bits per heavy atom. The van der Waals surface area contributed by atoms with Crippen molar-refractivity contribution in [3.05, 3.63) is 33.3 Å². The zero-order chi connectivity index (χ0) is 13.8. The van der Waals surface area contributed by atoms with Crippen molar-refractivity contribution in [2.24, 2.45) is 0 Å². The number of nitrogens with zero attached hydrogens (tertiary/aromatic N) is 2. The van der Waals surface area contributed by atoms with E-state index < -0.39 is 0 Å². The van der Waals surface area contributed by atoms with Crippen molar-refractivity contribution in [1.29, 1.82) is 0 Å². The molecule has 0 radical (unpaired) electrons. The summed E-state index contributed by atoms with van der Waals surface area (Å²) in [7, 11) is 3.40. The maximum atomic E-state index is 5.31. The van der Waals surface area contributed by atoms with Crippen LogP contribution in [0.2, 0.25) is 0 Å². The molecule has 100 valence electrons. The van der Waals surface area contributed by atoms with Crippen LogP contribution in [0.1, 0.15) is 0 Å². The number of methoxy groups -OCH3 is 1. The molecule has 2 N–H and O–H groups in total. The van der Waals surface area contributed by atoms with Crippen LogP contribution in [0.4, 0.5) is 17.5 Å². The highest BCUT2D eigenvalue weighted by atomic mass is 79.9. The second-order valence-corrected chi connectivity index (χ2v) is 5.38. The lowest BCUT2D eigenvalue weighted by molar-refractivity contribution is 0.416. The summed E-state index contributed by atoms with van der Waals surface area (Å²) >= 11 is 6.85. The minimum Gasteiger partial charge on any atom is -0.495 e. The van der Waals surface area contributed by atoms with Gasteiger partial charge in [-0.2, -0.15) is 4.98 Å². The van der Waals surface area contributed by atoms with E-state index in [0.29, 0.717) is 11.8 Å². The van der Waals surface area contributed by atoms with E-state index in [-0.39, 0.29) is 0 Å². The Bertz CT molecular complexity index is 592. The molecule has 0 fully saturated rings. The van der Waals surface area contributed by atoms with Crippen LogP contribution in [0.15, 0.2) is 33.3 Å². The van der Waals surface area contributed by atoms with Crippen molar-refractivity contribution in [3.63, 3.8) is 0 Å². The Balaban J connectivity index is 2.37. The third-order valence-electron chi connectivity index (χ3n) is 2.38. The molecule has 0 bridgehead atoms. The fourth-order valence-electron chi connectivity index (χ4n) is 1.48. The van der Waals surface area contributed by atoms with Gasteiger partial charge in [0.2, 0.25) is 5.95 Å². The predicted octanol–water partition coefficient (Wildman–Crippen LogP) is 3.80. The third kappa shape index (κ3) is 3.36. The van der Waals surface area contributed by atoms with Crippen molar-refractivity contribution in [3.8, 4) is 5.75 Å². The van der Waals surface area contributed by atoms with Crippen LogP contribution >= 0.6 is 31.9 Å². The van der Waals surface area contributed by atoms with Crippen LogP contribution in [0, 0.1) is 0 Å². The highest BCUT2D eigenvalue weighted by Crippen LogP contribution is 2.32. The molecule has 0 amide bonds. The molecule has 7 heteroatoms. The van der Waals surface area contributed by atoms with Gasteiger partial charge in [0.15, 0.2) is 0 Å². The van der Waals surface area contributed by atoms with Crippen LogP contribution < -0.4 is 15.4 Å². The lowest BCUT2D eigenvalue weighted by atomic mass is 10.3. The van der Waals surface area contributed by atoms with Crippen molar-refractivity contribution in [1.82, 2.24) is 9.97 Å². The normalized spacial score (nSPS) is 10.1. The van der Waals surface area contributed by atoms with E-state index in [1.54, 1.807) is 20.4 Å². The first-order chi connectivity index (χ1) is 9.13. The van der Waals surface area contributed by atoms with E-state index in [4.69, 9.17) is 4.74 Å². The summed E-state index contributed by atoms with van der Waals surface area (Å²) in [5.74, 6) is 1.94. The van der Waals surface area contributed by atoms with Gasteiger partial charge in [-0.3, -0.25) is 0 Å². The molecule has 0 aliphatic heterocycles. The van der Waals surface area contributed by atoms with E-state index in [0.717, 1.165) is 20.4 Å². The number of halogens is 2. The first kappa shape index (κ1) is 14.1.